The van der Waals surface area contributed by atoms with Crippen molar-refractivity contribution in [3.8, 4) is 0 Å². The molecular formula is C23H35IN6. The lowest BCUT2D eigenvalue weighted by molar-refractivity contribution is 0.312. The summed E-state index contributed by atoms with van der Waals surface area (Å²) in [6, 6.07) is 14.7. The van der Waals surface area contributed by atoms with Gasteiger partial charge in [-0.05, 0) is 31.5 Å². The molecule has 1 aromatic heterocycles. The van der Waals surface area contributed by atoms with Crippen molar-refractivity contribution >= 4 is 35.8 Å². The number of nitrogens with one attached hydrogen (secondary N) is 2. The highest BCUT2D eigenvalue weighted by atomic mass is 127. The minimum atomic E-state index is 0. The Hall–Kier alpha value is -1.87. The first-order valence-corrected chi connectivity index (χ1v) is 10.6. The smallest absolute Gasteiger partial charge is 0.191 e. The SMILES string of the molecule is CCNC(=NCc1cccnc1N1CCN(C)CC1)NCC(C)c1ccccc1.I. The van der Waals surface area contributed by atoms with Gasteiger partial charge >= 0.3 is 0 Å². The number of halogens is 1. The van der Waals surface area contributed by atoms with Crippen LogP contribution in [0.5, 0.6) is 0 Å². The lowest BCUT2D eigenvalue weighted by Gasteiger charge is -2.34. The third kappa shape index (κ3) is 7.12. The van der Waals surface area contributed by atoms with Gasteiger partial charge in [0.15, 0.2) is 5.96 Å². The molecule has 7 heteroatoms. The third-order valence-corrected chi connectivity index (χ3v) is 5.37. The summed E-state index contributed by atoms with van der Waals surface area (Å²) in [5.74, 6) is 2.33. The first-order valence-electron chi connectivity index (χ1n) is 10.6. The van der Waals surface area contributed by atoms with E-state index in [-0.39, 0.29) is 24.0 Å². The van der Waals surface area contributed by atoms with Crippen LogP contribution >= 0.6 is 24.0 Å². The molecule has 1 saturated heterocycles. The zero-order chi connectivity index (χ0) is 20.5. The van der Waals surface area contributed by atoms with Crippen molar-refractivity contribution in [2.75, 3.05) is 51.2 Å². The lowest BCUT2D eigenvalue weighted by Crippen LogP contribution is -2.45. The van der Waals surface area contributed by atoms with Crippen LogP contribution in [0.3, 0.4) is 0 Å². The number of aliphatic imine (C=N–C) groups is 1. The summed E-state index contributed by atoms with van der Waals surface area (Å²) in [4.78, 5) is 14.2. The molecule has 0 saturated carbocycles. The van der Waals surface area contributed by atoms with E-state index in [1.807, 2.05) is 12.3 Å². The molecule has 0 spiro atoms. The molecule has 1 unspecified atom stereocenters. The Morgan fingerprint density at radius 3 is 2.50 bits per heavy atom. The minimum absolute atomic E-state index is 0. The number of benzene rings is 1. The topological polar surface area (TPSA) is 55.8 Å². The highest BCUT2D eigenvalue weighted by Gasteiger charge is 2.17. The van der Waals surface area contributed by atoms with Gasteiger partial charge in [0.25, 0.3) is 0 Å². The molecular weight excluding hydrogens is 487 g/mol. The van der Waals surface area contributed by atoms with Crippen LogP contribution in [0.15, 0.2) is 53.7 Å². The predicted octanol–water partition coefficient (Wildman–Crippen LogP) is 3.31. The van der Waals surface area contributed by atoms with Crippen LogP contribution in [0.1, 0.15) is 30.9 Å². The first-order chi connectivity index (χ1) is 14.2. The quantitative estimate of drug-likeness (QED) is 0.332. The molecule has 2 heterocycles. The molecule has 0 amide bonds. The van der Waals surface area contributed by atoms with E-state index in [2.05, 4.69) is 82.7 Å². The molecule has 1 fully saturated rings. The summed E-state index contributed by atoms with van der Waals surface area (Å²) in [6.45, 7) is 10.8. The van der Waals surface area contributed by atoms with Gasteiger partial charge in [0.2, 0.25) is 0 Å². The van der Waals surface area contributed by atoms with Gasteiger partial charge in [0, 0.05) is 51.0 Å². The third-order valence-electron chi connectivity index (χ3n) is 5.37. The number of guanidine groups is 1. The summed E-state index contributed by atoms with van der Waals surface area (Å²) >= 11 is 0. The molecule has 3 rings (SSSR count). The van der Waals surface area contributed by atoms with Crippen LogP contribution in [0.4, 0.5) is 5.82 Å². The zero-order valence-corrected chi connectivity index (χ0v) is 20.7. The number of rotatable bonds is 7. The van der Waals surface area contributed by atoms with Crippen LogP contribution < -0.4 is 15.5 Å². The number of pyridine rings is 1. The largest absolute Gasteiger partial charge is 0.357 e. The van der Waals surface area contributed by atoms with E-state index in [1.54, 1.807) is 0 Å². The second-order valence-corrected chi connectivity index (χ2v) is 7.66. The molecule has 1 aromatic carbocycles. The molecule has 2 aromatic rings. The maximum Gasteiger partial charge on any atom is 0.191 e. The number of anilines is 1. The fourth-order valence-corrected chi connectivity index (χ4v) is 3.51. The molecule has 0 bridgehead atoms. The second kappa shape index (κ2) is 12.7. The van der Waals surface area contributed by atoms with Crippen LogP contribution in [0.2, 0.25) is 0 Å². The Morgan fingerprint density at radius 1 is 1.07 bits per heavy atom. The summed E-state index contributed by atoms with van der Waals surface area (Å²) < 4.78 is 0. The second-order valence-electron chi connectivity index (χ2n) is 7.66. The Morgan fingerprint density at radius 2 is 1.80 bits per heavy atom. The van der Waals surface area contributed by atoms with Gasteiger partial charge < -0.3 is 20.4 Å². The zero-order valence-electron chi connectivity index (χ0n) is 18.3. The summed E-state index contributed by atoms with van der Waals surface area (Å²) in [5.41, 5.74) is 2.51. The van der Waals surface area contributed by atoms with Gasteiger partial charge in [0.05, 0.1) is 6.54 Å². The normalized spacial score (nSPS) is 16.0. The number of aromatic nitrogens is 1. The Balaban J connectivity index is 0.00000320. The Kier molecular flexibility index (Phi) is 10.4. The van der Waals surface area contributed by atoms with E-state index >= 15 is 0 Å². The van der Waals surface area contributed by atoms with Crippen LogP contribution in [0, 0.1) is 0 Å². The van der Waals surface area contributed by atoms with E-state index < -0.39 is 0 Å². The Labute approximate surface area is 198 Å². The average molecular weight is 522 g/mol. The minimum Gasteiger partial charge on any atom is -0.357 e. The van der Waals surface area contributed by atoms with Crippen molar-refractivity contribution in [1.82, 2.24) is 20.5 Å². The van der Waals surface area contributed by atoms with Crippen molar-refractivity contribution in [2.24, 2.45) is 4.99 Å². The number of hydrogen-bond donors (Lipinski definition) is 2. The molecule has 6 nitrogen and oxygen atoms in total. The molecule has 30 heavy (non-hydrogen) atoms. The van der Waals surface area contributed by atoms with Gasteiger partial charge in [-0.25, -0.2) is 9.98 Å². The predicted molar refractivity (Wildman–Crippen MR) is 137 cm³/mol. The number of piperazine rings is 1. The standard InChI is InChI=1S/C23H34N6.HI/c1-4-24-23(26-17-19(2)20-9-6-5-7-10-20)27-18-21-11-8-12-25-22(21)29-15-13-28(3)14-16-29;/h5-12,19H,4,13-18H2,1-3H3,(H2,24,26,27);1H. The maximum atomic E-state index is 4.84. The van der Waals surface area contributed by atoms with Crippen molar-refractivity contribution in [3.63, 3.8) is 0 Å². The average Bonchev–Trinajstić information content (AvgIpc) is 2.77. The molecule has 0 aliphatic carbocycles. The van der Waals surface area contributed by atoms with Crippen molar-refractivity contribution in [3.05, 3.63) is 59.8 Å². The van der Waals surface area contributed by atoms with Gasteiger partial charge in [-0.15, -0.1) is 24.0 Å². The van der Waals surface area contributed by atoms with E-state index in [1.165, 1.54) is 11.1 Å². The van der Waals surface area contributed by atoms with Gasteiger partial charge in [-0.1, -0.05) is 43.3 Å². The fourth-order valence-electron chi connectivity index (χ4n) is 3.51. The molecule has 0 radical (unpaired) electrons. The van der Waals surface area contributed by atoms with Crippen molar-refractivity contribution in [2.45, 2.75) is 26.3 Å². The lowest BCUT2D eigenvalue weighted by atomic mass is 10.0. The maximum absolute atomic E-state index is 4.84. The van der Waals surface area contributed by atoms with E-state index in [4.69, 9.17) is 4.99 Å². The molecule has 1 aliphatic heterocycles. The van der Waals surface area contributed by atoms with Gasteiger partial charge in [-0.3, -0.25) is 0 Å². The Bertz CT molecular complexity index is 774. The molecule has 1 atom stereocenters. The van der Waals surface area contributed by atoms with Crippen molar-refractivity contribution < 1.29 is 0 Å². The molecule has 2 N–H and O–H groups in total. The number of hydrogen-bond acceptors (Lipinski definition) is 4. The van der Waals surface area contributed by atoms with Crippen molar-refractivity contribution in [1.29, 1.82) is 0 Å². The summed E-state index contributed by atoms with van der Waals surface area (Å²) in [7, 11) is 2.17. The molecule has 1 aliphatic rings. The monoisotopic (exact) mass is 522 g/mol. The van der Waals surface area contributed by atoms with Crippen LogP contribution in [-0.4, -0.2) is 62.2 Å². The van der Waals surface area contributed by atoms with Crippen LogP contribution in [-0.2, 0) is 6.54 Å². The van der Waals surface area contributed by atoms with Gasteiger partial charge in [0.1, 0.15) is 5.82 Å². The highest BCUT2D eigenvalue weighted by Crippen LogP contribution is 2.19. The van der Waals surface area contributed by atoms with E-state index in [0.717, 1.165) is 51.0 Å². The molecule has 164 valence electrons. The van der Waals surface area contributed by atoms with Crippen LogP contribution in [0.25, 0.3) is 0 Å². The number of nitrogens with zero attached hydrogens (tertiary/aromatic N) is 4. The summed E-state index contributed by atoms with van der Waals surface area (Å²) in [6.07, 6.45) is 1.88. The highest BCUT2D eigenvalue weighted by molar-refractivity contribution is 14.0. The van der Waals surface area contributed by atoms with E-state index in [9.17, 15) is 0 Å². The number of likely N-dealkylation sites (N-methyl/N-ethyl adjacent to an activating group) is 1. The fraction of sp³-hybridized carbons (Fsp3) is 0.478. The summed E-state index contributed by atoms with van der Waals surface area (Å²) in [5, 5.41) is 6.85. The van der Waals surface area contributed by atoms with E-state index in [0.29, 0.717) is 12.5 Å². The first kappa shape index (κ1) is 24.4. The van der Waals surface area contributed by atoms with Gasteiger partial charge in [-0.2, -0.15) is 0 Å².